The Morgan fingerprint density at radius 3 is 2.33 bits per heavy atom. The van der Waals surface area contributed by atoms with Crippen LogP contribution in [0.5, 0.6) is 0 Å². The van der Waals surface area contributed by atoms with Crippen molar-refractivity contribution in [2.75, 3.05) is 27.3 Å². The molecule has 0 unspecified atom stereocenters. The smallest absolute Gasteiger partial charge is 0.319 e. The van der Waals surface area contributed by atoms with Gasteiger partial charge in [-0.25, -0.2) is 4.68 Å². The van der Waals surface area contributed by atoms with Crippen molar-refractivity contribution in [2.45, 2.75) is 32.9 Å². The standard InChI is InChI=1S/C12H21N5O4/c1-4-5-6-17-10(13-14-15-17)7-16(8-11(18)20-2)9-12(19)21-3/h4-9H2,1-3H3. The fraction of sp³-hybridized carbons (Fsp3) is 0.750. The molecule has 0 aliphatic rings. The number of carbonyl (C=O) groups excluding carboxylic acids is 2. The summed E-state index contributed by atoms with van der Waals surface area (Å²) in [7, 11) is 2.59. The Morgan fingerprint density at radius 1 is 1.19 bits per heavy atom. The van der Waals surface area contributed by atoms with Crippen molar-refractivity contribution in [1.29, 1.82) is 0 Å². The van der Waals surface area contributed by atoms with E-state index in [1.54, 1.807) is 9.58 Å². The van der Waals surface area contributed by atoms with Gasteiger partial charge in [-0.1, -0.05) is 13.3 Å². The highest BCUT2D eigenvalue weighted by atomic mass is 16.5. The number of aryl methyl sites for hydroxylation is 1. The minimum absolute atomic E-state index is 0.0355. The topological polar surface area (TPSA) is 99.4 Å². The summed E-state index contributed by atoms with van der Waals surface area (Å²) in [5, 5.41) is 11.5. The molecule has 9 heteroatoms. The number of hydrogen-bond donors (Lipinski definition) is 0. The third-order valence-electron chi connectivity index (χ3n) is 2.86. The molecule has 0 bridgehead atoms. The molecule has 21 heavy (non-hydrogen) atoms. The number of hydrogen-bond acceptors (Lipinski definition) is 8. The van der Waals surface area contributed by atoms with Gasteiger partial charge in [-0.2, -0.15) is 0 Å². The van der Waals surface area contributed by atoms with Gasteiger partial charge >= 0.3 is 11.9 Å². The molecule has 1 rings (SSSR count). The lowest BCUT2D eigenvalue weighted by Crippen LogP contribution is -2.36. The summed E-state index contributed by atoms with van der Waals surface area (Å²) in [6.07, 6.45) is 1.97. The molecule has 0 fully saturated rings. The molecule has 0 aliphatic carbocycles. The molecular weight excluding hydrogens is 278 g/mol. The lowest BCUT2D eigenvalue weighted by atomic mass is 10.3. The second kappa shape index (κ2) is 9.01. The fourth-order valence-electron chi connectivity index (χ4n) is 1.68. The van der Waals surface area contributed by atoms with Crippen molar-refractivity contribution in [3.05, 3.63) is 5.82 Å². The first-order chi connectivity index (χ1) is 10.1. The summed E-state index contributed by atoms with van der Waals surface area (Å²) in [5.41, 5.74) is 0. The van der Waals surface area contributed by atoms with Crippen LogP contribution in [-0.4, -0.2) is 64.4 Å². The van der Waals surface area contributed by atoms with Crippen LogP contribution in [0.15, 0.2) is 0 Å². The largest absolute Gasteiger partial charge is 0.468 e. The van der Waals surface area contributed by atoms with Crippen molar-refractivity contribution in [1.82, 2.24) is 25.1 Å². The Bertz CT molecular complexity index is 444. The van der Waals surface area contributed by atoms with Crippen molar-refractivity contribution >= 4 is 11.9 Å². The average Bonchev–Trinajstić information content (AvgIpc) is 2.91. The first-order valence-electron chi connectivity index (χ1n) is 6.71. The minimum Gasteiger partial charge on any atom is -0.468 e. The molecule has 0 radical (unpaired) electrons. The number of rotatable bonds is 9. The van der Waals surface area contributed by atoms with Gasteiger partial charge in [-0.15, -0.1) is 5.10 Å². The molecule has 0 N–H and O–H groups in total. The molecule has 0 atom stereocenters. The van der Waals surface area contributed by atoms with E-state index in [2.05, 4.69) is 31.9 Å². The second-order valence-corrected chi connectivity index (χ2v) is 4.47. The minimum atomic E-state index is -0.438. The van der Waals surface area contributed by atoms with Gasteiger partial charge in [0.25, 0.3) is 0 Å². The Morgan fingerprint density at radius 2 is 1.81 bits per heavy atom. The summed E-state index contributed by atoms with van der Waals surface area (Å²) in [5.74, 6) is -0.283. The van der Waals surface area contributed by atoms with Crippen molar-refractivity contribution in [3.63, 3.8) is 0 Å². The number of carbonyl (C=O) groups is 2. The predicted octanol–water partition coefficient (Wildman–Crippen LogP) is -0.379. The molecular formula is C12H21N5O4. The van der Waals surface area contributed by atoms with Gasteiger partial charge in [-0.3, -0.25) is 14.5 Å². The van der Waals surface area contributed by atoms with E-state index in [-0.39, 0.29) is 19.6 Å². The van der Waals surface area contributed by atoms with E-state index in [4.69, 9.17) is 0 Å². The molecule has 0 aromatic carbocycles. The van der Waals surface area contributed by atoms with Crippen LogP contribution in [0.3, 0.4) is 0 Å². The molecule has 0 amide bonds. The molecule has 0 aliphatic heterocycles. The van der Waals surface area contributed by atoms with Crippen LogP contribution in [0, 0.1) is 0 Å². The Hall–Kier alpha value is -2.03. The molecule has 0 saturated carbocycles. The highest BCUT2D eigenvalue weighted by Crippen LogP contribution is 2.03. The third-order valence-corrected chi connectivity index (χ3v) is 2.86. The van der Waals surface area contributed by atoms with Gasteiger partial charge < -0.3 is 9.47 Å². The van der Waals surface area contributed by atoms with Crippen molar-refractivity contribution < 1.29 is 19.1 Å². The molecule has 1 aromatic heterocycles. The monoisotopic (exact) mass is 299 g/mol. The fourth-order valence-corrected chi connectivity index (χ4v) is 1.68. The summed E-state index contributed by atoms with van der Waals surface area (Å²) in [4.78, 5) is 24.4. The van der Waals surface area contributed by atoms with Crippen molar-refractivity contribution in [3.8, 4) is 0 Å². The first-order valence-corrected chi connectivity index (χ1v) is 6.71. The van der Waals surface area contributed by atoms with Crippen LogP contribution in [0.2, 0.25) is 0 Å². The van der Waals surface area contributed by atoms with E-state index in [1.165, 1.54) is 14.2 Å². The van der Waals surface area contributed by atoms with E-state index >= 15 is 0 Å². The third kappa shape index (κ3) is 5.86. The normalized spacial score (nSPS) is 10.7. The lowest BCUT2D eigenvalue weighted by molar-refractivity contribution is -0.145. The van der Waals surface area contributed by atoms with E-state index in [9.17, 15) is 9.59 Å². The van der Waals surface area contributed by atoms with Crippen LogP contribution in [-0.2, 0) is 32.2 Å². The molecule has 118 valence electrons. The number of ether oxygens (including phenoxy) is 2. The number of unbranched alkanes of at least 4 members (excludes halogenated alkanes) is 1. The summed E-state index contributed by atoms with van der Waals surface area (Å²) in [6.45, 7) is 2.97. The van der Waals surface area contributed by atoms with Gasteiger partial charge in [0.1, 0.15) is 0 Å². The molecule has 0 saturated heterocycles. The highest BCUT2D eigenvalue weighted by Gasteiger charge is 2.18. The number of methoxy groups -OCH3 is 2. The van der Waals surface area contributed by atoms with Crippen LogP contribution < -0.4 is 0 Å². The van der Waals surface area contributed by atoms with Gasteiger partial charge in [0.15, 0.2) is 5.82 Å². The van der Waals surface area contributed by atoms with Crippen LogP contribution in [0.25, 0.3) is 0 Å². The average molecular weight is 299 g/mol. The zero-order chi connectivity index (χ0) is 15.7. The number of nitrogens with zero attached hydrogens (tertiary/aromatic N) is 5. The molecule has 0 spiro atoms. The molecule has 1 heterocycles. The van der Waals surface area contributed by atoms with Crippen LogP contribution in [0.4, 0.5) is 0 Å². The highest BCUT2D eigenvalue weighted by molar-refractivity contribution is 5.74. The summed E-state index contributed by atoms with van der Waals surface area (Å²) in [6, 6.07) is 0. The first kappa shape index (κ1) is 17.0. The zero-order valence-electron chi connectivity index (χ0n) is 12.6. The lowest BCUT2D eigenvalue weighted by Gasteiger charge is -2.18. The maximum absolute atomic E-state index is 11.4. The molecule has 1 aromatic rings. The maximum atomic E-state index is 11.4. The SMILES string of the molecule is CCCCn1nnnc1CN(CC(=O)OC)CC(=O)OC. The van der Waals surface area contributed by atoms with Gasteiger partial charge in [0.05, 0.1) is 33.9 Å². The van der Waals surface area contributed by atoms with Gasteiger partial charge in [0, 0.05) is 6.54 Å². The van der Waals surface area contributed by atoms with E-state index in [1.807, 2.05) is 0 Å². The summed E-state index contributed by atoms with van der Waals surface area (Å²) < 4.78 is 10.9. The zero-order valence-corrected chi connectivity index (χ0v) is 12.6. The number of esters is 2. The number of tetrazole rings is 1. The Labute approximate surface area is 123 Å². The van der Waals surface area contributed by atoms with Crippen LogP contribution in [0.1, 0.15) is 25.6 Å². The van der Waals surface area contributed by atoms with E-state index in [0.29, 0.717) is 12.4 Å². The predicted molar refractivity (Wildman–Crippen MR) is 72.0 cm³/mol. The molecule has 9 nitrogen and oxygen atoms in total. The van der Waals surface area contributed by atoms with Gasteiger partial charge in [0.2, 0.25) is 0 Å². The maximum Gasteiger partial charge on any atom is 0.319 e. The summed E-state index contributed by atoms with van der Waals surface area (Å²) >= 11 is 0. The second-order valence-electron chi connectivity index (χ2n) is 4.47. The van der Waals surface area contributed by atoms with Crippen LogP contribution >= 0.6 is 0 Å². The Kier molecular flexibility index (Phi) is 7.30. The Balaban J connectivity index is 2.72. The quantitative estimate of drug-likeness (QED) is 0.569. The van der Waals surface area contributed by atoms with Crippen molar-refractivity contribution in [2.24, 2.45) is 0 Å². The van der Waals surface area contributed by atoms with E-state index < -0.39 is 11.9 Å². The van der Waals surface area contributed by atoms with Gasteiger partial charge in [-0.05, 0) is 16.8 Å². The van der Waals surface area contributed by atoms with E-state index in [0.717, 1.165) is 12.8 Å². The number of aromatic nitrogens is 4.